The molecule has 5 rings (SSSR count). The normalized spacial score (nSPS) is 18.7. The van der Waals surface area contributed by atoms with Crippen molar-refractivity contribution >= 4 is 45.8 Å². The lowest BCUT2D eigenvalue weighted by molar-refractivity contribution is -0.143. The number of likely N-dealkylation sites (tertiary alicyclic amines) is 2. The van der Waals surface area contributed by atoms with E-state index in [1.165, 1.54) is 19.0 Å². The molecule has 2 aliphatic rings. The fourth-order valence-corrected chi connectivity index (χ4v) is 6.50. The molecule has 3 amide bonds. The molecule has 12 nitrogen and oxygen atoms in total. The van der Waals surface area contributed by atoms with Gasteiger partial charge in [-0.25, -0.2) is 9.97 Å². The first kappa shape index (κ1) is 35.0. The number of likely N-dealkylation sites (N-methyl/N-ethyl adjacent to an activating group) is 1. The highest BCUT2D eigenvalue weighted by Gasteiger charge is 2.42. The largest absolute Gasteiger partial charge is 0.494 e. The van der Waals surface area contributed by atoms with Crippen LogP contribution >= 0.6 is 0 Å². The molecule has 3 atom stereocenters. The lowest BCUT2D eigenvalue weighted by atomic mass is 9.85. The Labute approximate surface area is 283 Å². The molecule has 2 saturated heterocycles. The van der Waals surface area contributed by atoms with Gasteiger partial charge in [0.25, 0.3) is 0 Å². The Balaban J connectivity index is 1.35. The van der Waals surface area contributed by atoms with Gasteiger partial charge in [0.15, 0.2) is 0 Å². The van der Waals surface area contributed by atoms with Gasteiger partial charge >= 0.3 is 0 Å². The highest BCUT2D eigenvalue weighted by atomic mass is 16.5. The average Bonchev–Trinajstić information content (AvgIpc) is 3.57. The van der Waals surface area contributed by atoms with Gasteiger partial charge in [-0.2, -0.15) is 0 Å². The van der Waals surface area contributed by atoms with Gasteiger partial charge < -0.3 is 35.8 Å². The summed E-state index contributed by atoms with van der Waals surface area (Å²) in [7, 11) is 5.40. The Morgan fingerprint density at radius 3 is 2.35 bits per heavy atom. The number of aromatic nitrogens is 2. The Hall–Kier alpha value is -4.29. The third-order valence-corrected chi connectivity index (χ3v) is 9.64. The third-order valence-electron chi connectivity index (χ3n) is 9.64. The number of nitrogens with one attached hydrogen (secondary N) is 4. The van der Waals surface area contributed by atoms with Crippen LogP contribution in [-0.4, -0.2) is 96.5 Å². The molecule has 4 N–H and O–H groups in total. The molecule has 258 valence electrons. The summed E-state index contributed by atoms with van der Waals surface area (Å²) >= 11 is 0. The summed E-state index contributed by atoms with van der Waals surface area (Å²) in [6.45, 7) is 10.1. The first-order valence-corrected chi connectivity index (χ1v) is 16.9. The number of rotatable bonds is 10. The van der Waals surface area contributed by atoms with Crippen molar-refractivity contribution in [1.82, 2.24) is 30.4 Å². The summed E-state index contributed by atoms with van der Waals surface area (Å²) in [4.78, 5) is 53.4. The summed E-state index contributed by atoms with van der Waals surface area (Å²) in [5, 5.41) is 13.0. The van der Waals surface area contributed by atoms with Gasteiger partial charge in [-0.05, 0) is 94.9 Å². The van der Waals surface area contributed by atoms with Crippen LogP contribution in [0.4, 0.5) is 17.2 Å². The van der Waals surface area contributed by atoms with Gasteiger partial charge in [0, 0.05) is 23.7 Å². The molecule has 48 heavy (non-hydrogen) atoms. The fourth-order valence-electron chi connectivity index (χ4n) is 6.50. The molecular formula is C36H50N8O4. The van der Waals surface area contributed by atoms with Gasteiger partial charge in [-0.1, -0.05) is 32.9 Å². The maximum atomic E-state index is 13.9. The Morgan fingerprint density at radius 2 is 1.71 bits per heavy atom. The van der Waals surface area contributed by atoms with E-state index >= 15 is 0 Å². The van der Waals surface area contributed by atoms with Crippen molar-refractivity contribution in [3.63, 3.8) is 0 Å². The number of nitrogens with zero attached hydrogens (tertiary/aromatic N) is 4. The highest BCUT2D eigenvalue weighted by molar-refractivity contribution is 6.03. The second-order valence-corrected chi connectivity index (χ2v) is 14.1. The van der Waals surface area contributed by atoms with E-state index in [0.29, 0.717) is 53.5 Å². The molecule has 2 fully saturated rings. The quantitative estimate of drug-likeness (QED) is 0.252. The van der Waals surface area contributed by atoms with Crippen LogP contribution < -0.4 is 26.0 Å². The summed E-state index contributed by atoms with van der Waals surface area (Å²) in [5.74, 6) is 0.745. The maximum absolute atomic E-state index is 13.9. The molecular weight excluding hydrogens is 608 g/mol. The van der Waals surface area contributed by atoms with Gasteiger partial charge in [0.1, 0.15) is 30.0 Å². The zero-order valence-corrected chi connectivity index (χ0v) is 29.2. The molecule has 3 heterocycles. The van der Waals surface area contributed by atoms with Crippen molar-refractivity contribution in [3.8, 4) is 5.75 Å². The second kappa shape index (κ2) is 14.9. The summed E-state index contributed by atoms with van der Waals surface area (Å²) in [5.41, 5.74) is 2.79. The number of hydrogen-bond donors (Lipinski definition) is 4. The fraction of sp³-hybridized carbons (Fsp3) is 0.528. The lowest BCUT2D eigenvalue weighted by Crippen LogP contribution is -2.59. The lowest BCUT2D eigenvalue weighted by Gasteiger charge is -2.36. The summed E-state index contributed by atoms with van der Waals surface area (Å²) in [6.07, 6.45) is 5.00. The number of amides is 3. The third kappa shape index (κ3) is 7.87. The van der Waals surface area contributed by atoms with E-state index in [1.54, 1.807) is 31.0 Å². The number of methoxy groups -OCH3 is 1. The topological polar surface area (TPSA) is 141 Å². The van der Waals surface area contributed by atoms with Crippen LogP contribution in [0.2, 0.25) is 0 Å². The smallest absolute Gasteiger partial charge is 0.247 e. The van der Waals surface area contributed by atoms with Crippen LogP contribution in [0.5, 0.6) is 5.75 Å². The van der Waals surface area contributed by atoms with E-state index in [0.717, 1.165) is 31.6 Å². The summed E-state index contributed by atoms with van der Waals surface area (Å²) in [6, 6.07) is 10.1. The van der Waals surface area contributed by atoms with Gasteiger partial charge in [0.2, 0.25) is 17.7 Å². The zero-order valence-electron chi connectivity index (χ0n) is 29.2. The minimum atomic E-state index is -0.798. The van der Waals surface area contributed by atoms with Crippen LogP contribution in [0.3, 0.4) is 0 Å². The SMILES string of the molecule is CN[C@@H](C)C(=O)N[C@H](C(=O)N1CCCC1C(=O)Nc1cc2c(Nc3ccc(C4CCN(C)CC4)cc3)ncnc2cc1OC)C(C)(C)C. The molecule has 0 aliphatic carbocycles. The predicted molar refractivity (Wildman–Crippen MR) is 189 cm³/mol. The van der Waals surface area contributed by atoms with Crippen molar-refractivity contribution in [2.45, 2.75) is 77.4 Å². The number of fused-ring (bicyclic) bond motifs is 1. The number of carbonyl (C=O) groups is 3. The molecule has 2 aliphatic heterocycles. The highest BCUT2D eigenvalue weighted by Crippen LogP contribution is 2.35. The molecule has 0 bridgehead atoms. The first-order valence-electron chi connectivity index (χ1n) is 16.9. The van der Waals surface area contributed by atoms with Crippen LogP contribution in [0.25, 0.3) is 10.9 Å². The monoisotopic (exact) mass is 658 g/mol. The van der Waals surface area contributed by atoms with Gasteiger partial charge in [-0.15, -0.1) is 0 Å². The standard InChI is InChI=1S/C36H50N8O4/c1-22(37-5)33(45)42-31(36(2,3)4)35(47)44-16-8-9-29(44)34(46)41-28-19-26-27(20-30(28)48-7)38-21-39-32(26)40-25-12-10-23(11-13-25)24-14-17-43(6)18-15-24/h10-13,19-22,24,29,31,37H,8-9,14-18H2,1-7H3,(H,41,46)(H,42,45)(H,38,39,40)/t22-,29?,31+/m0/s1. The maximum Gasteiger partial charge on any atom is 0.247 e. The van der Waals surface area contributed by atoms with Crippen LogP contribution in [0.15, 0.2) is 42.7 Å². The molecule has 1 aromatic heterocycles. The summed E-state index contributed by atoms with van der Waals surface area (Å²) < 4.78 is 5.65. The Morgan fingerprint density at radius 1 is 1.00 bits per heavy atom. The van der Waals surface area contributed by atoms with Crippen molar-refractivity contribution in [2.24, 2.45) is 5.41 Å². The van der Waals surface area contributed by atoms with Gasteiger partial charge in [-0.3, -0.25) is 14.4 Å². The van der Waals surface area contributed by atoms with E-state index in [2.05, 4.69) is 67.4 Å². The number of piperidine rings is 1. The van der Waals surface area contributed by atoms with E-state index < -0.39 is 23.5 Å². The van der Waals surface area contributed by atoms with Crippen LogP contribution in [0, 0.1) is 5.41 Å². The van der Waals surface area contributed by atoms with E-state index in [1.807, 2.05) is 20.8 Å². The Bertz CT molecular complexity index is 1610. The molecule has 2 aromatic carbocycles. The number of anilines is 3. The molecule has 0 spiro atoms. The molecule has 0 radical (unpaired) electrons. The number of ether oxygens (including phenoxy) is 1. The Kier molecular flexibility index (Phi) is 10.8. The average molecular weight is 659 g/mol. The zero-order chi connectivity index (χ0) is 34.6. The second-order valence-electron chi connectivity index (χ2n) is 14.1. The molecule has 12 heteroatoms. The van der Waals surface area contributed by atoms with Crippen molar-refractivity contribution < 1.29 is 19.1 Å². The van der Waals surface area contributed by atoms with E-state index in [9.17, 15) is 14.4 Å². The van der Waals surface area contributed by atoms with Crippen molar-refractivity contribution in [3.05, 3.63) is 48.3 Å². The van der Waals surface area contributed by atoms with Crippen molar-refractivity contribution in [2.75, 3.05) is 51.5 Å². The van der Waals surface area contributed by atoms with E-state index in [4.69, 9.17) is 4.74 Å². The first-order chi connectivity index (χ1) is 22.9. The van der Waals surface area contributed by atoms with Crippen LogP contribution in [-0.2, 0) is 14.4 Å². The van der Waals surface area contributed by atoms with Crippen LogP contribution in [0.1, 0.15) is 64.9 Å². The van der Waals surface area contributed by atoms with Crippen molar-refractivity contribution in [1.29, 1.82) is 0 Å². The molecule has 1 unspecified atom stereocenters. The minimum Gasteiger partial charge on any atom is -0.494 e. The van der Waals surface area contributed by atoms with E-state index in [-0.39, 0.29) is 17.7 Å². The predicted octanol–water partition coefficient (Wildman–Crippen LogP) is 4.26. The number of hydrogen-bond acceptors (Lipinski definition) is 9. The molecule has 0 saturated carbocycles. The molecule has 3 aromatic rings. The number of benzene rings is 2. The van der Waals surface area contributed by atoms with Gasteiger partial charge in [0.05, 0.1) is 24.4 Å². The number of carbonyl (C=O) groups excluding carboxylic acids is 3. The minimum absolute atomic E-state index is 0.272.